The molecule has 0 saturated carbocycles. The van der Waals surface area contributed by atoms with Crippen LogP contribution in [-0.2, 0) is 0 Å². The Morgan fingerprint density at radius 2 is 0.912 bits per heavy atom. The summed E-state index contributed by atoms with van der Waals surface area (Å²) in [7, 11) is 0. The first-order valence-corrected chi connectivity index (χ1v) is 19.2. The highest BCUT2D eigenvalue weighted by molar-refractivity contribution is 6.14. The molecule has 0 unspecified atom stereocenters. The molecule has 1 N–H and O–H groups in total. The Kier molecular flexibility index (Phi) is 6.86. The Bertz CT molecular complexity index is 3340. The molecule has 5 heteroatoms. The third-order valence-corrected chi connectivity index (χ3v) is 11.3. The minimum Gasteiger partial charge on any atom is -0.454 e. The molecule has 0 bridgehead atoms. The van der Waals surface area contributed by atoms with Crippen molar-refractivity contribution in [2.45, 2.75) is 0 Å². The summed E-state index contributed by atoms with van der Waals surface area (Å²) >= 11 is 0. The Morgan fingerprint density at radius 1 is 0.368 bits per heavy atom. The number of hydrogen-bond acceptors (Lipinski definition) is 5. The second-order valence-corrected chi connectivity index (χ2v) is 14.5. The van der Waals surface area contributed by atoms with Crippen LogP contribution in [0.5, 0.6) is 23.0 Å². The summed E-state index contributed by atoms with van der Waals surface area (Å²) in [6, 6.07) is 65.0. The molecule has 13 rings (SSSR count). The van der Waals surface area contributed by atoms with Crippen molar-refractivity contribution in [3.63, 3.8) is 0 Å². The molecule has 2 aliphatic heterocycles. The highest BCUT2D eigenvalue weighted by Gasteiger charge is 2.31. The molecular formula is C52H32N2O3. The first-order chi connectivity index (χ1) is 28.3. The van der Waals surface area contributed by atoms with Crippen LogP contribution < -0.4 is 19.7 Å². The van der Waals surface area contributed by atoms with Crippen LogP contribution >= 0.6 is 0 Å². The maximum Gasteiger partial charge on any atom is 0.159 e. The summed E-state index contributed by atoms with van der Waals surface area (Å²) in [5.74, 6) is 3.48. The average molecular weight is 733 g/mol. The van der Waals surface area contributed by atoms with Crippen molar-refractivity contribution in [2.75, 3.05) is 10.2 Å². The normalized spacial score (nSPS) is 12.6. The first kappa shape index (κ1) is 31.6. The van der Waals surface area contributed by atoms with Gasteiger partial charge in [0.15, 0.2) is 28.6 Å². The van der Waals surface area contributed by atoms with E-state index in [-0.39, 0.29) is 0 Å². The van der Waals surface area contributed by atoms with Gasteiger partial charge in [-0.25, -0.2) is 0 Å². The molecular weight excluding hydrogens is 701 g/mol. The number of anilines is 5. The van der Waals surface area contributed by atoms with Gasteiger partial charge in [-0.1, -0.05) is 152 Å². The second kappa shape index (κ2) is 12.4. The maximum atomic E-state index is 6.65. The average Bonchev–Trinajstić information content (AvgIpc) is 3.67. The number of rotatable bonds is 1. The van der Waals surface area contributed by atoms with Gasteiger partial charge in [0.2, 0.25) is 0 Å². The number of ether oxygens (including phenoxy) is 2. The van der Waals surface area contributed by atoms with Crippen LogP contribution in [0.4, 0.5) is 28.4 Å². The summed E-state index contributed by atoms with van der Waals surface area (Å²) < 4.78 is 19.4. The van der Waals surface area contributed by atoms with Gasteiger partial charge in [0.05, 0.1) is 28.4 Å². The molecule has 2 aliphatic rings. The first-order valence-electron chi connectivity index (χ1n) is 19.2. The molecule has 0 radical (unpaired) electrons. The Labute approximate surface area is 327 Å². The Morgan fingerprint density at radius 3 is 1.68 bits per heavy atom. The van der Waals surface area contributed by atoms with Crippen LogP contribution in [-0.4, -0.2) is 0 Å². The highest BCUT2D eigenvalue weighted by atomic mass is 16.5. The molecule has 11 aromatic rings. The third kappa shape index (κ3) is 4.89. The van der Waals surface area contributed by atoms with Crippen molar-refractivity contribution < 1.29 is 13.9 Å². The van der Waals surface area contributed by atoms with E-state index in [1.165, 1.54) is 21.5 Å². The van der Waals surface area contributed by atoms with Crippen molar-refractivity contribution in [1.82, 2.24) is 0 Å². The fraction of sp³-hybridized carbons (Fsp3) is 0. The van der Waals surface area contributed by atoms with Gasteiger partial charge in [-0.3, -0.25) is 4.90 Å². The Balaban J connectivity index is 0.000000139. The number of para-hydroxylation sites is 2. The minimum absolute atomic E-state index is 0.834. The van der Waals surface area contributed by atoms with Gasteiger partial charge in [0, 0.05) is 32.3 Å². The van der Waals surface area contributed by atoms with Crippen molar-refractivity contribution in [2.24, 2.45) is 0 Å². The quantitative estimate of drug-likeness (QED) is 0.182. The molecule has 0 fully saturated rings. The molecule has 0 spiro atoms. The lowest BCUT2D eigenvalue weighted by Gasteiger charge is -2.34. The fourth-order valence-corrected chi connectivity index (χ4v) is 8.61. The van der Waals surface area contributed by atoms with Gasteiger partial charge in [-0.15, -0.1) is 0 Å². The lowest BCUT2D eigenvalue weighted by molar-refractivity contribution is 0.483. The number of benzene rings is 10. The lowest BCUT2D eigenvalue weighted by atomic mass is 10.0. The number of nitrogens with zero attached hydrogens (tertiary/aromatic N) is 1. The second-order valence-electron chi connectivity index (χ2n) is 14.5. The fourth-order valence-electron chi connectivity index (χ4n) is 8.61. The van der Waals surface area contributed by atoms with E-state index in [0.29, 0.717) is 0 Å². The lowest BCUT2D eigenvalue weighted by Crippen LogP contribution is -2.16. The van der Waals surface area contributed by atoms with E-state index in [2.05, 4.69) is 168 Å². The van der Waals surface area contributed by atoms with Crippen molar-refractivity contribution in [3.8, 4) is 23.0 Å². The van der Waals surface area contributed by atoms with E-state index < -0.39 is 0 Å². The van der Waals surface area contributed by atoms with Crippen LogP contribution in [0.15, 0.2) is 192 Å². The SMILES string of the molecule is c1ccc2c3c(ccc2c1)N(c1cccc2c1oc1ccccc12)c1c(ccc2ccccc12)O3.c1ccc2c3c(ccc2c1)Oc1c(ccc2ccccc12)N3. The van der Waals surface area contributed by atoms with Gasteiger partial charge in [-0.05, 0) is 57.9 Å². The van der Waals surface area contributed by atoms with Gasteiger partial charge in [0.1, 0.15) is 5.58 Å². The predicted octanol–water partition coefficient (Wildman–Crippen LogP) is 15.3. The molecule has 0 amide bonds. The molecule has 0 atom stereocenters. The number of fused-ring (bicyclic) bond motifs is 15. The van der Waals surface area contributed by atoms with E-state index in [1.807, 2.05) is 30.3 Å². The largest absolute Gasteiger partial charge is 0.454 e. The maximum absolute atomic E-state index is 6.65. The molecule has 5 nitrogen and oxygen atoms in total. The van der Waals surface area contributed by atoms with E-state index in [0.717, 1.165) is 94.9 Å². The summed E-state index contributed by atoms with van der Waals surface area (Å²) in [5, 5.41) is 15.0. The number of nitrogens with one attached hydrogen (secondary N) is 1. The molecule has 57 heavy (non-hydrogen) atoms. The summed E-state index contributed by atoms with van der Waals surface area (Å²) in [6.45, 7) is 0. The molecule has 10 aromatic carbocycles. The number of hydrogen-bond donors (Lipinski definition) is 1. The summed E-state index contributed by atoms with van der Waals surface area (Å²) in [4.78, 5) is 2.31. The Hall–Kier alpha value is -7.76. The zero-order chi connectivity index (χ0) is 37.5. The summed E-state index contributed by atoms with van der Waals surface area (Å²) in [5.41, 5.74) is 6.84. The van der Waals surface area contributed by atoms with Crippen LogP contribution in [0.1, 0.15) is 0 Å². The smallest absolute Gasteiger partial charge is 0.159 e. The topological polar surface area (TPSA) is 46.9 Å². The molecule has 1 aromatic heterocycles. The van der Waals surface area contributed by atoms with Gasteiger partial charge in [0.25, 0.3) is 0 Å². The predicted molar refractivity (Wildman–Crippen MR) is 235 cm³/mol. The standard InChI is InChI=1S/C32H19NO2.C20H13NO/c1-3-10-22-20(8-1)17-19-29-30(22)33(27-18-16-21-9-2-4-11-23(21)31(27)35-29)26-14-7-13-25-24-12-5-6-15-28(24)34-32(25)26;1-3-7-15-13(5-1)10-12-18-19(15)21-17-11-9-14-6-2-4-8-16(14)20(17)22-18/h1-19H;1-12,21H. The van der Waals surface area contributed by atoms with Crippen LogP contribution in [0.3, 0.4) is 0 Å². The van der Waals surface area contributed by atoms with E-state index in [4.69, 9.17) is 13.9 Å². The highest BCUT2D eigenvalue weighted by Crippen LogP contribution is 2.56. The number of furan rings is 1. The van der Waals surface area contributed by atoms with E-state index >= 15 is 0 Å². The molecule has 268 valence electrons. The van der Waals surface area contributed by atoms with Gasteiger partial charge < -0.3 is 19.2 Å². The van der Waals surface area contributed by atoms with Crippen molar-refractivity contribution in [1.29, 1.82) is 0 Å². The molecule has 0 saturated heterocycles. The van der Waals surface area contributed by atoms with Crippen LogP contribution in [0.2, 0.25) is 0 Å². The summed E-state index contributed by atoms with van der Waals surface area (Å²) in [6.07, 6.45) is 0. The monoisotopic (exact) mass is 732 g/mol. The van der Waals surface area contributed by atoms with E-state index in [1.54, 1.807) is 0 Å². The third-order valence-electron chi connectivity index (χ3n) is 11.3. The van der Waals surface area contributed by atoms with Crippen LogP contribution in [0, 0.1) is 0 Å². The van der Waals surface area contributed by atoms with E-state index in [9.17, 15) is 0 Å². The molecule has 0 aliphatic carbocycles. The zero-order valence-corrected chi connectivity index (χ0v) is 30.6. The van der Waals surface area contributed by atoms with Crippen molar-refractivity contribution >= 4 is 93.5 Å². The van der Waals surface area contributed by atoms with Crippen molar-refractivity contribution in [3.05, 3.63) is 188 Å². The van der Waals surface area contributed by atoms with Gasteiger partial charge >= 0.3 is 0 Å². The zero-order valence-electron chi connectivity index (χ0n) is 30.6. The molecule has 3 heterocycles. The van der Waals surface area contributed by atoms with Crippen LogP contribution in [0.25, 0.3) is 65.0 Å². The minimum atomic E-state index is 0.834. The van der Waals surface area contributed by atoms with Gasteiger partial charge in [-0.2, -0.15) is 0 Å².